The summed E-state index contributed by atoms with van der Waals surface area (Å²) in [4.78, 5) is 12.6. The van der Waals surface area contributed by atoms with Crippen molar-refractivity contribution in [1.82, 2.24) is 9.73 Å². The van der Waals surface area contributed by atoms with Gasteiger partial charge in [0.25, 0.3) is 5.91 Å². The van der Waals surface area contributed by atoms with Crippen molar-refractivity contribution in [2.24, 2.45) is 5.10 Å². The highest BCUT2D eigenvalue weighted by Crippen LogP contribution is 2.30. The Balaban J connectivity index is 1.79. The van der Waals surface area contributed by atoms with Crippen molar-refractivity contribution in [3.05, 3.63) is 65.7 Å². The Kier molecular flexibility index (Phi) is 6.26. The third-order valence-electron chi connectivity index (χ3n) is 4.96. The number of amides is 1. The fourth-order valence-electron chi connectivity index (χ4n) is 3.37. The number of sulfonamides is 1. The number of nitrogens with zero attached hydrogens (tertiary/aromatic N) is 2. The van der Waals surface area contributed by atoms with Crippen LogP contribution in [0.2, 0.25) is 0 Å². The Hall–Kier alpha value is -2.51. The van der Waals surface area contributed by atoms with E-state index in [2.05, 4.69) is 22.7 Å². The first kappa shape index (κ1) is 20.2. The highest BCUT2D eigenvalue weighted by Gasteiger charge is 2.23. The fourth-order valence-corrected chi connectivity index (χ4v) is 4.32. The molecule has 1 N–H and O–H groups in total. The molecule has 1 fully saturated rings. The normalized spacial score (nSPS) is 19.0. The molecule has 1 aliphatic rings. The van der Waals surface area contributed by atoms with Gasteiger partial charge >= 0.3 is 0 Å². The molecule has 7 heteroatoms. The molecule has 6 nitrogen and oxygen atoms in total. The van der Waals surface area contributed by atoms with E-state index in [0.717, 1.165) is 35.7 Å². The fraction of sp³-hybridized carbons (Fsp3) is 0.333. The first-order valence-electron chi connectivity index (χ1n) is 9.34. The Morgan fingerprint density at radius 1 is 1.07 bits per heavy atom. The van der Waals surface area contributed by atoms with E-state index in [9.17, 15) is 13.2 Å². The van der Waals surface area contributed by atoms with Gasteiger partial charge in [-0.25, -0.2) is 18.1 Å². The van der Waals surface area contributed by atoms with Gasteiger partial charge in [-0.1, -0.05) is 42.8 Å². The number of hydrogen-bond acceptors (Lipinski definition) is 4. The molecule has 0 aliphatic heterocycles. The zero-order valence-corrected chi connectivity index (χ0v) is 16.9. The van der Waals surface area contributed by atoms with Gasteiger partial charge in [-0.2, -0.15) is 5.10 Å². The van der Waals surface area contributed by atoms with Crippen LogP contribution in [0.5, 0.6) is 0 Å². The summed E-state index contributed by atoms with van der Waals surface area (Å²) in [5, 5.41) is 4.40. The van der Waals surface area contributed by atoms with Crippen molar-refractivity contribution < 1.29 is 13.2 Å². The van der Waals surface area contributed by atoms with Crippen LogP contribution in [0, 0.1) is 0 Å². The van der Waals surface area contributed by atoms with Crippen molar-refractivity contribution >= 4 is 21.6 Å². The molecule has 0 saturated heterocycles. The van der Waals surface area contributed by atoms with Crippen molar-refractivity contribution in [3.63, 3.8) is 0 Å². The van der Waals surface area contributed by atoms with Crippen molar-refractivity contribution in [1.29, 1.82) is 0 Å². The lowest BCUT2D eigenvalue weighted by Gasteiger charge is -2.24. The number of carbonyl (C=O) groups is 1. The molecule has 2 aromatic carbocycles. The van der Waals surface area contributed by atoms with Gasteiger partial charge in [0.2, 0.25) is 10.0 Å². The minimum Gasteiger partial charge on any atom is -0.267 e. The summed E-state index contributed by atoms with van der Waals surface area (Å²) in [6, 6.07) is 16.2. The van der Waals surface area contributed by atoms with Crippen LogP contribution in [0.25, 0.3) is 0 Å². The standard InChI is InChI=1S/C21H25N3O3S/c1-24(2)28(26,27)18-12-8-11-17(15-18)21(25)23-22-20-14-7-6-13-19(20)16-9-4-3-5-10-16/h3-5,8-12,15,19H,6-7,13-14H2,1-2H3,(H,23,25)/b22-20-/t19-/m1/s1. The highest BCUT2D eigenvalue weighted by atomic mass is 32.2. The molecule has 0 bridgehead atoms. The molecular weight excluding hydrogens is 374 g/mol. The number of rotatable bonds is 5. The van der Waals surface area contributed by atoms with Crippen LogP contribution in [0.15, 0.2) is 64.6 Å². The van der Waals surface area contributed by atoms with Crippen LogP contribution in [-0.2, 0) is 10.0 Å². The summed E-state index contributed by atoms with van der Waals surface area (Å²) >= 11 is 0. The van der Waals surface area contributed by atoms with Gasteiger partial charge in [0.1, 0.15) is 0 Å². The van der Waals surface area contributed by atoms with Crippen LogP contribution >= 0.6 is 0 Å². The summed E-state index contributed by atoms with van der Waals surface area (Å²) in [6.07, 6.45) is 4.04. The smallest absolute Gasteiger partial charge is 0.267 e. The molecule has 0 heterocycles. The Morgan fingerprint density at radius 3 is 2.54 bits per heavy atom. The second-order valence-corrected chi connectivity index (χ2v) is 9.22. The van der Waals surface area contributed by atoms with E-state index in [-0.39, 0.29) is 16.4 Å². The second-order valence-electron chi connectivity index (χ2n) is 7.07. The summed E-state index contributed by atoms with van der Waals surface area (Å²) in [5.74, 6) is -0.212. The zero-order chi connectivity index (χ0) is 20.1. The van der Waals surface area contributed by atoms with E-state index < -0.39 is 15.9 Å². The van der Waals surface area contributed by atoms with E-state index in [1.54, 1.807) is 12.1 Å². The van der Waals surface area contributed by atoms with Crippen LogP contribution in [0.1, 0.15) is 47.5 Å². The van der Waals surface area contributed by atoms with Gasteiger partial charge in [-0.15, -0.1) is 0 Å². The SMILES string of the molecule is CN(C)S(=O)(=O)c1cccc(C(=O)N/N=C2/CCCC[C@@H]2c2ccccc2)c1. The molecule has 148 valence electrons. The molecule has 28 heavy (non-hydrogen) atoms. The van der Waals surface area contributed by atoms with Crippen molar-refractivity contribution in [2.45, 2.75) is 36.5 Å². The van der Waals surface area contributed by atoms with Gasteiger partial charge in [0, 0.05) is 31.3 Å². The molecule has 1 saturated carbocycles. The average molecular weight is 400 g/mol. The van der Waals surface area contributed by atoms with Crippen molar-refractivity contribution in [3.8, 4) is 0 Å². The summed E-state index contributed by atoms with van der Waals surface area (Å²) < 4.78 is 25.7. The number of nitrogens with one attached hydrogen (secondary N) is 1. The lowest BCUT2D eigenvalue weighted by Crippen LogP contribution is -2.25. The summed E-state index contributed by atoms with van der Waals surface area (Å²) in [6.45, 7) is 0. The van der Waals surface area contributed by atoms with Gasteiger partial charge in [-0.05, 0) is 43.0 Å². The van der Waals surface area contributed by atoms with Crippen LogP contribution in [0.4, 0.5) is 0 Å². The molecule has 1 atom stereocenters. The van der Waals surface area contributed by atoms with Gasteiger partial charge in [-0.3, -0.25) is 4.79 Å². The third-order valence-corrected chi connectivity index (χ3v) is 6.77. The molecule has 0 radical (unpaired) electrons. The summed E-state index contributed by atoms with van der Waals surface area (Å²) in [5.41, 5.74) is 5.04. The molecular formula is C21H25N3O3S. The third kappa shape index (κ3) is 4.48. The number of benzene rings is 2. The quantitative estimate of drug-likeness (QED) is 0.783. The van der Waals surface area contributed by atoms with Crippen molar-refractivity contribution in [2.75, 3.05) is 14.1 Å². The van der Waals surface area contributed by atoms with Crippen LogP contribution in [0.3, 0.4) is 0 Å². The van der Waals surface area contributed by atoms with Crippen LogP contribution < -0.4 is 5.43 Å². The number of hydrogen-bond donors (Lipinski definition) is 1. The van der Waals surface area contributed by atoms with E-state index in [1.807, 2.05) is 18.2 Å². The molecule has 0 aromatic heterocycles. The molecule has 0 unspecified atom stereocenters. The van der Waals surface area contributed by atoms with Crippen LogP contribution in [-0.4, -0.2) is 38.4 Å². The van der Waals surface area contributed by atoms with E-state index in [0.29, 0.717) is 0 Å². The zero-order valence-electron chi connectivity index (χ0n) is 16.1. The minimum atomic E-state index is -3.60. The molecule has 2 aromatic rings. The van der Waals surface area contributed by atoms with E-state index in [1.165, 1.54) is 31.8 Å². The molecule has 0 spiro atoms. The lowest BCUT2D eigenvalue weighted by atomic mass is 9.82. The van der Waals surface area contributed by atoms with E-state index in [4.69, 9.17) is 0 Å². The minimum absolute atomic E-state index is 0.0811. The maximum absolute atomic E-state index is 12.6. The number of hydrazone groups is 1. The summed E-state index contributed by atoms with van der Waals surface area (Å²) in [7, 11) is -0.677. The average Bonchev–Trinajstić information content (AvgIpc) is 2.73. The lowest BCUT2D eigenvalue weighted by molar-refractivity contribution is 0.0954. The first-order valence-corrected chi connectivity index (χ1v) is 10.8. The first-order chi connectivity index (χ1) is 13.4. The highest BCUT2D eigenvalue weighted by molar-refractivity contribution is 7.89. The Labute approximate surface area is 166 Å². The van der Waals surface area contributed by atoms with Gasteiger partial charge in [0.05, 0.1) is 4.90 Å². The Morgan fingerprint density at radius 2 is 1.82 bits per heavy atom. The molecule has 3 rings (SSSR count). The number of carbonyl (C=O) groups excluding carboxylic acids is 1. The monoisotopic (exact) mass is 399 g/mol. The largest absolute Gasteiger partial charge is 0.271 e. The maximum Gasteiger partial charge on any atom is 0.271 e. The van der Waals surface area contributed by atoms with E-state index >= 15 is 0 Å². The second kappa shape index (κ2) is 8.67. The van der Waals surface area contributed by atoms with Gasteiger partial charge < -0.3 is 0 Å². The molecule has 1 amide bonds. The molecule has 1 aliphatic carbocycles. The topological polar surface area (TPSA) is 78.8 Å². The predicted octanol–water partition coefficient (Wildman–Crippen LogP) is 3.38. The predicted molar refractivity (Wildman–Crippen MR) is 110 cm³/mol. The van der Waals surface area contributed by atoms with Gasteiger partial charge in [0.15, 0.2) is 0 Å². The Bertz CT molecular complexity index is 969. The maximum atomic E-state index is 12.6.